The summed E-state index contributed by atoms with van der Waals surface area (Å²) in [5.41, 5.74) is -2.55. The van der Waals surface area contributed by atoms with Crippen molar-refractivity contribution in [3.8, 4) is 0 Å². The van der Waals surface area contributed by atoms with Gasteiger partial charge in [0.15, 0.2) is 5.17 Å². The molecule has 0 saturated carbocycles. The minimum absolute atomic E-state index is 0.101. The topological polar surface area (TPSA) is 53.8 Å². The van der Waals surface area contributed by atoms with Gasteiger partial charge < -0.3 is 5.32 Å². The molecule has 1 heterocycles. The second-order valence-electron chi connectivity index (χ2n) is 3.81. The van der Waals surface area contributed by atoms with Gasteiger partial charge in [0.2, 0.25) is 5.91 Å². The van der Waals surface area contributed by atoms with Gasteiger partial charge in [0.1, 0.15) is 11.6 Å². The van der Waals surface area contributed by atoms with Gasteiger partial charge in [0, 0.05) is 0 Å². The summed E-state index contributed by atoms with van der Waals surface area (Å²) in [5.74, 6) is -3.16. The van der Waals surface area contributed by atoms with Crippen LogP contribution in [0.15, 0.2) is 22.3 Å². The van der Waals surface area contributed by atoms with Gasteiger partial charge in [-0.2, -0.15) is 18.3 Å². The summed E-state index contributed by atoms with van der Waals surface area (Å²) in [6, 6.07) is 0.799. The summed E-state index contributed by atoms with van der Waals surface area (Å²) in [4.78, 5) is 10.8. The van der Waals surface area contributed by atoms with Crippen molar-refractivity contribution >= 4 is 29.1 Å². The van der Waals surface area contributed by atoms with Gasteiger partial charge in [0.05, 0.1) is 23.1 Å². The number of amidine groups is 1. The molecule has 2 rings (SSSR count). The highest BCUT2D eigenvalue weighted by atomic mass is 32.2. The zero-order chi connectivity index (χ0) is 15.6. The minimum atomic E-state index is -4.94. The Kier molecular flexibility index (Phi) is 4.26. The van der Waals surface area contributed by atoms with E-state index in [9.17, 15) is 26.7 Å². The first-order valence-electron chi connectivity index (χ1n) is 5.38. The van der Waals surface area contributed by atoms with Gasteiger partial charge in [-0.25, -0.2) is 8.78 Å². The lowest BCUT2D eigenvalue weighted by Gasteiger charge is -2.09. The van der Waals surface area contributed by atoms with Crippen molar-refractivity contribution in [2.24, 2.45) is 10.2 Å². The number of rotatable bonds is 2. The van der Waals surface area contributed by atoms with E-state index >= 15 is 0 Å². The molecule has 0 unspecified atom stereocenters. The smallest absolute Gasteiger partial charge is 0.303 e. The highest BCUT2D eigenvalue weighted by molar-refractivity contribution is 8.15. The van der Waals surface area contributed by atoms with Crippen LogP contribution in [0.1, 0.15) is 11.1 Å². The largest absolute Gasteiger partial charge is 0.419 e. The number of hydrogen-bond acceptors (Lipinski definition) is 4. The van der Waals surface area contributed by atoms with Crippen LogP contribution in [0.2, 0.25) is 0 Å². The van der Waals surface area contributed by atoms with Crippen molar-refractivity contribution in [3.63, 3.8) is 0 Å². The van der Waals surface area contributed by atoms with Gasteiger partial charge in [-0.15, -0.1) is 5.10 Å². The van der Waals surface area contributed by atoms with Crippen molar-refractivity contribution in [2.75, 3.05) is 5.75 Å². The Balaban J connectivity index is 2.29. The van der Waals surface area contributed by atoms with Crippen molar-refractivity contribution < 1.29 is 26.7 Å². The van der Waals surface area contributed by atoms with Gasteiger partial charge in [-0.3, -0.25) is 4.79 Å². The molecule has 21 heavy (non-hydrogen) atoms. The summed E-state index contributed by atoms with van der Waals surface area (Å²) >= 11 is 1.01. The van der Waals surface area contributed by atoms with Crippen LogP contribution >= 0.6 is 11.8 Å². The fraction of sp³-hybridized carbons (Fsp3) is 0.182. The quantitative estimate of drug-likeness (QED) is 0.517. The minimum Gasteiger partial charge on any atom is -0.303 e. The Morgan fingerprint density at radius 3 is 2.57 bits per heavy atom. The van der Waals surface area contributed by atoms with E-state index in [-0.39, 0.29) is 16.8 Å². The highest BCUT2D eigenvalue weighted by Gasteiger charge is 2.35. The fourth-order valence-electron chi connectivity index (χ4n) is 1.42. The molecule has 112 valence electrons. The Bertz CT molecular complexity index is 641. The third-order valence-corrected chi connectivity index (χ3v) is 3.22. The second kappa shape index (κ2) is 5.80. The molecular formula is C11H6F5N3OS. The molecule has 0 spiro atoms. The molecule has 1 aliphatic heterocycles. The van der Waals surface area contributed by atoms with Gasteiger partial charge in [0.25, 0.3) is 0 Å². The molecule has 1 amide bonds. The van der Waals surface area contributed by atoms with Crippen molar-refractivity contribution in [1.29, 1.82) is 0 Å². The third-order valence-electron chi connectivity index (χ3n) is 2.35. The van der Waals surface area contributed by atoms with E-state index in [0.29, 0.717) is 18.3 Å². The van der Waals surface area contributed by atoms with E-state index < -0.39 is 28.9 Å². The van der Waals surface area contributed by atoms with Crippen molar-refractivity contribution in [1.82, 2.24) is 5.32 Å². The second-order valence-corrected chi connectivity index (χ2v) is 4.77. The Labute approximate surface area is 119 Å². The van der Waals surface area contributed by atoms with Crippen LogP contribution in [0.25, 0.3) is 0 Å². The molecule has 1 N–H and O–H groups in total. The normalized spacial score (nSPS) is 17.8. The number of carbonyl (C=O) groups excluding carboxylic acids is 1. The predicted octanol–water partition coefficient (Wildman–Crippen LogP) is 2.54. The molecule has 0 aliphatic carbocycles. The van der Waals surface area contributed by atoms with Crippen LogP contribution < -0.4 is 5.32 Å². The van der Waals surface area contributed by atoms with Crippen LogP contribution in [-0.4, -0.2) is 23.0 Å². The molecule has 0 aromatic heterocycles. The molecule has 0 radical (unpaired) electrons. The molecule has 1 aromatic carbocycles. The maximum absolute atomic E-state index is 13.6. The number of halogens is 5. The van der Waals surface area contributed by atoms with E-state index in [4.69, 9.17) is 0 Å². The molecule has 1 aromatic rings. The fourth-order valence-corrected chi connectivity index (χ4v) is 2.06. The lowest BCUT2D eigenvalue weighted by molar-refractivity contribution is -0.140. The predicted molar refractivity (Wildman–Crippen MR) is 67.0 cm³/mol. The molecule has 10 heteroatoms. The first-order chi connectivity index (χ1) is 9.79. The number of benzene rings is 1. The maximum Gasteiger partial charge on any atom is 0.419 e. The zero-order valence-electron chi connectivity index (χ0n) is 10.0. The molecule has 1 aliphatic rings. The van der Waals surface area contributed by atoms with Gasteiger partial charge in [-0.1, -0.05) is 11.8 Å². The summed E-state index contributed by atoms with van der Waals surface area (Å²) in [5, 5.41) is 9.13. The monoisotopic (exact) mass is 323 g/mol. The average Bonchev–Trinajstić information content (AvgIpc) is 2.77. The first-order valence-corrected chi connectivity index (χ1v) is 6.36. The highest BCUT2D eigenvalue weighted by Crippen LogP contribution is 2.32. The summed E-state index contributed by atoms with van der Waals surface area (Å²) in [7, 11) is 0. The van der Waals surface area contributed by atoms with Crippen molar-refractivity contribution in [2.45, 2.75) is 6.18 Å². The SMILES string of the molecule is O=C1CSC(=NN=Cc2c(F)ccc(C(F)(F)F)c2F)N1. The number of alkyl halides is 3. The number of nitrogens with zero attached hydrogens (tertiary/aromatic N) is 2. The number of nitrogens with one attached hydrogen (secondary N) is 1. The number of thioether (sulfide) groups is 1. The van der Waals surface area contributed by atoms with Gasteiger partial charge >= 0.3 is 6.18 Å². The number of amides is 1. The van der Waals surface area contributed by atoms with E-state index in [1.54, 1.807) is 0 Å². The molecular weight excluding hydrogens is 317 g/mol. The molecule has 4 nitrogen and oxygen atoms in total. The van der Waals surface area contributed by atoms with Crippen LogP contribution in [-0.2, 0) is 11.0 Å². The Hall–Kier alpha value is -1.97. The van der Waals surface area contributed by atoms with Crippen LogP contribution in [0.5, 0.6) is 0 Å². The maximum atomic E-state index is 13.6. The summed E-state index contributed by atoms with van der Waals surface area (Å²) in [6.45, 7) is 0. The van der Waals surface area contributed by atoms with E-state index in [1.165, 1.54) is 0 Å². The lowest BCUT2D eigenvalue weighted by atomic mass is 10.1. The molecule has 1 fully saturated rings. The summed E-state index contributed by atoms with van der Waals surface area (Å²) < 4.78 is 64.4. The van der Waals surface area contributed by atoms with Crippen LogP contribution in [0.3, 0.4) is 0 Å². The third kappa shape index (κ3) is 3.57. The van der Waals surface area contributed by atoms with Crippen LogP contribution in [0.4, 0.5) is 22.0 Å². The van der Waals surface area contributed by atoms with E-state index in [1.807, 2.05) is 0 Å². The Morgan fingerprint density at radius 2 is 2.00 bits per heavy atom. The molecule has 0 atom stereocenters. The first kappa shape index (κ1) is 15.4. The van der Waals surface area contributed by atoms with Crippen LogP contribution in [0, 0.1) is 11.6 Å². The zero-order valence-corrected chi connectivity index (χ0v) is 10.9. The summed E-state index contributed by atoms with van der Waals surface area (Å²) in [6.07, 6.45) is -4.42. The standard InChI is InChI=1S/C11H6F5N3OS/c12-7-2-1-6(11(14,15)16)9(13)5(7)3-17-19-10-18-8(20)4-21-10/h1-3H,4H2,(H,18,19,20). The number of hydrogen-bond donors (Lipinski definition) is 1. The van der Waals surface area contributed by atoms with Crippen molar-refractivity contribution in [3.05, 3.63) is 34.9 Å². The Morgan fingerprint density at radius 1 is 1.29 bits per heavy atom. The lowest BCUT2D eigenvalue weighted by Crippen LogP contribution is -2.19. The molecule has 1 saturated heterocycles. The molecule has 0 bridgehead atoms. The van der Waals surface area contributed by atoms with Gasteiger partial charge in [-0.05, 0) is 12.1 Å². The van der Waals surface area contributed by atoms with E-state index in [0.717, 1.165) is 11.8 Å². The average molecular weight is 323 g/mol. The number of carbonyl (C=O) groups is 1. The van der Waals surface area contributed by atoms with E-state index in [2.05, 4.69) is 15.5 Å².